The fraction of sp³-hybridized carbons (Fsp3) is 0.800. The minimum Gasteiger partial charge on any atom is -0.472 e. The lowest BCUT2D eigenvalue weighted by atomic mass is 10.9. The number of thiocarbonyl (C=S) groups is 2. The van der Waals surface area contributed by atoms with Crippen molar-refractivity contribution in [3.8, 4) is 0 Å². The van der Waals surface area contributed by atoms with E-state index >= 15 is 0 Å². The lowest BCUT2D eigenvalue weighted by Gasteiger charge is -1.93. The molecule has 0 aliphatic carbocycles. The minimum atomic E-state index is 0.123. The highest BCUT2D eigenvalue weighted by Gasteiger charge is 1.77. The molecule has 100 valence electrons. The van der Waals surface area contributed by atoms with E-state index in [4.69, 9.17) is 11.5 Å². The van der Waals surface area contributed by atoms with Crippen LogP contribution in [0.4, 0.5) is 0 Å². The molecule has 0 spiro atoms. The zero-order valence-corrected chi connectivity index (χ0v) is 12.8. The summed E-state index contributed by atoms with van der Waals surface area (Å²) in [6.45, 7) is 12.8. The van der Waals surface area contributed by atoms with E-state index in [0.717, 1.165) is 0 Å². The predicted octanol–water partition coefficient (Wildman–Crippen LogP) is 2.59. The van der Waals surface area contributed by atoms with Crippen molar-refractivity contribution in [2.75, 3.05) is 13.2 Å². The Morgan fingerprint density at radius 1 is 0.812 bits per heavy atom. The summed E-state index contributed by atoms with van der Waals surface area (Å²) in [5.41, 5.74) is 9.82. The Morgan fingerprint density at radius 2 is 1.00 bits per heavy atom. The molecular formula is C10H26N2O2S2. The Hall–Kier alpha value is -0.620. The third-order valence-corrected chi connectivity index (χ3v) is 0.809. The first-order valence-corrected chi connectivity index (χ1v) is 6.20. The van der Waals surface area contributed by atoms with Gasteiger partial charge in [0.2, 0.25) is 0 Å². The SMILES string of the molecule is CC.CC.CCOC(N)=S.CCOC(N)=S. The van der Waals surface area contributed by atoms with Crippen molar-refractivity contribution < 1.29 is 9.47 Å². The van der Waals surface area contributed by atoms with Gasteiger partial charge >= 0.3 is 0 Å². The quantitative estimate of drug-likeness (QED) is 0.752. The molecule has 0 unspecified atom stereocenters. The molecule has 0 aromatic heterocycles. The van der Waals surface area contributed by atoms with Crippen molar-refractivity contribution in [1.29, 1.82) is 0 Å². The maximum atomic E-state index is 4.91. The average Bonchev–Trinajstić information content (AvgIpc) is 2.24. The fourth-order valence-electron chi connectivity index (χ4n) is 0.285. The molecule has 0 saturated heterocycles. The van der Waals surface area contributed by atoms with Gasteiger partial charge in [0.25, 0.3) is 10.3 Å². The highest BCUT2D eigenvalue weighted by Crippen LogP contribution is 1.68. The van der Waals surface area contributed by atoms with Gasteiger partial charge < -0.3 is 20.9 Å². The molecule has 0 aromatic carbocycles. The van der Waals surface area contributed by atoms with E-state index in [2.05, 4.69) is 33.9 Å². The van der Waals surface area contributed by atoms with Gasteiger partial charge in [-0.2, -0.15) is 0 Å². The molecule has 0 rings (SSSR count). The fourth-order valence-corrected chi connectivity index (χ4v) is 0.520. The van der Waals surface area contributed by atoms with E-state index in [1.54, 1.807) is 0 Å². The van der Waals surface area contributed by atoms with E-state index in [0.29, 0.717) is 13.2 Å². The number of ether oxygens (including phenoxy) is 2. The first-order chi connectivity index (χ1) is 7.54. The van der Waals surface area contributed by atoms with E-state index in [9.17, 15) is 0 Å². The summed E-state index contributed by atoms with van der Waals surface area (Å²) in [7, 11) is 0. The maximum absolute atomic E-state index is 4.91. The van der Waals surface area contributed by atoms with Crippen molar-refractivity contribution in [1.82, 2.24) is 0 Å². The topological polar surface area (TPSA) is 70.5 Å². The molecule has 6 heteroatoms. The molecule has 0 saturated carbocycles. The molecule has 0 fully saturated rings. The van der Waals surface area contributed by atoms with E-state index in [1.807, 2.05) is 41.5 Å². The standard InChI is InChI=1S/2C3H7NOS.2C2H6/c2*1-2-5-3(4)6;2*1-2/h2*2H2,1H3,(H2,4,6);2*1-2H3. The summed E-state index contributed by atoms with van der Waals surface area (Å²) in [4.78, 5) is 0. The normalized spacial score (nSPS) is 6.38. The molecule has 16 heavy (non-hydrogen) atoms. The smallest absolute Gasteiger partial charge is 0.253 e. The van der Waals surface area contributed by atoms with Crippen molar-refractivity contribution >= 4 is 34.8 Å². The molecule has 0 aliphatic heterocycles. The third-order valence-electron chi connectivity index (χ3n) is 0.573. The summed E-state index contributed by atoms with van der Waals surface area (Å²) in [6.07, 6.45) is 0. The summed E-state index contributed by atoms with van der Waals surface area (Å²) in [5.74, 6) is 0. The van der Waals surface area contributed by atoms with Gasteiger partial charge in [0, 0.05) is 0 Å². The highest BCUT2D eigenvalue weighted by atomic mass is 32.1. The second-order valence-electron chi connectivity index (χ2n) is 1.50. The van der Waals surface area contributed by atoms with Gasteiger partial charge in [-0.3, -0.25) is 0 Å². The molecule has 0 aliphatic rings. The van der Waals surface area contributed by atoms with Crippen LogP contribution in [0, 0.1) is 0 Å². The van der Waals surface area contributed by atoms with Crippen molar-refractivity contribution in [2.24, 2.45) is 11.5 Å². The van der Waals surface area contributed by atoms with Gasteiger partial charge in [-0.1, -0.05) is 27.7 Å². The summed E-state index contributed by atoms with van der Waals surface area (Å²) in [5, 5.41) is 0.245. The Morgan fingerprint density at radius 3 is 1.00 bits per heavy atom. The van der Waals surface area contributed by atoms with Crippen LogP contribution in [0.3, 0.4) is 0 Å². The monoisotopic (exact) mass is 270 g/mol. The molecule has 0 heterocycles. The number of hydrogen-bond donors (Lipinski definition) is 2. The summed E-state index contributed by atoms with van der Waals surface area (Å²) >= 11 is 8.70. The van der Waals surface area contributed by atoms with Crippen LogP contribution in [0.1, 0.15) is 41.5 Å². The average molecular weight is 270 g/mol. The Kier molecular flexibility index (Phi) is 44.9. The number of rotatable bonds is 2. The van der Waals surface area contributed by atoms with Crippen molar-refractivity contribution in [2.45, 2.75) is 41.5 Å². The van der Waals surface area contributed by atoms with Crippen LogP contribution in [0.2, 0.25) is 0 Å². The van der Waals surface area contributed by atoms with Crippen LogP contribution < -0.4 is 11.5 Å². The number of hydrogen-bond acceptors (Lipinski definition) is 4. The molecule has 4 nitrogen and oxygen atoms in total. The zero-order valence-electron chi connectivity index (χ0n) is 11.2. The number of nitrogens with two attached hydrogens (primary N) is 2. The molecule has 0 atom stereocenters. The van der Waals surface area contributed by atoms with Crippen LogP contribution in [-0.4, -0.2) is 23.6 Å². The molecular weight excluding hydrogens is 244 g/mol. The Balaban J connectivity index is -0.0000000686. The third kappa shape index (κ3) is 70.8. The van der Waals surface area contributed by atoms with Gasteiger partial charge in [0.15, 0.2) is 0 Å². The van der Waals surface area contributed by atoms with Gasteiger partial charge in [-0.25, -0.2) is 0 Å². The van der Waals surface area contributed by atoms with Crippen molar-refractivity contribution in [3.05, 3.63) is 0 Å². The largest absolute Gasteiger partial charge is 0.472 e. The van der Waals surface area contributed by atoms with Crippen LogP contribution in [-0.2, 0) is 9.47 Å². The summed E-state index contributed by atoms with van der Waals surface area (Å²) < 4.78 is 9.10. The van der Waals surface area contributed by atoms with E-state index in [-0.39, 0.29) is 10.3 Å². The van der Waals surface area contributed by atoms with Crippen LogP contribution >= 0.6 is 24.4 Å². The van der Waals surface area contributed by atoms with Crippen LogP contribution in [0.5, 0.6) is 0 Å². The summed E-state index contributed by atoms with van der Waals surface area (Å²) in [6, 6.07) is 0. The van der Waals surface area contributed by atoms with Crippen molar-refractivity contribution in [3.63, 3.8) is 0 Å². The van der Waals surface area contributed by atoms with Gasteiger partial charge in [-0.15, -0.1) is 0 Å². The van der Waals surface area contributed by atoms with Crippen LogP contribution in [0.25, 0.3) is 0 Å². The first kappa shape index (κ1) is 24.6. The zero-order chi connectivity index (χ0) is 14.0. The molecule has 0 amide bonds. The maximum Gasteiger partial charge on any atom is 0.253 e. The molecule has 0 radical (unpaired) electrons. The van der Waals surface area contributed by atoms with Gasteiger partial charge in [0.05, 0.1) is 13.2 Å². The Bertz CT molecular complexity index is 129. The first-order valence-electron chi connectivity index (χ1n) is 5.39. The second-order valence-corrected chi connectivity index (χ2v) is 2.31. The predicted molar refractivity (Wildman–Crippen MR) is 79.5 cm³/mol. The van der Waals surface area contributed by atoms with Gasteiger partial charge in [0.1, 0.15) is 0 Å². The lowest BCUT2D eigenvalue weighted by molar-refractivity contribution is 0.331. The highest BCUT2D eigenvalue weighted by molar-refractivity contribution is 7.80. The van der Waals surface area contributed by atoms with E-state index < -0.39 is 0 Å². The minimum absolute atomic E-state index is 0.123. The molecule has 4 N–H and O–H groups in total. The van der Waals surface area contributed by atoms with Gasteiger partial charge in [-0.05, 0) is 38.3 Å². The van der Waals surface area contributed by atoms with E-state index in [1.165, 1.54) is 0 Å². The van der Waals surface area contributed by atoms with Crippen LogP contribution in [0.15, 0.2) is 0 Å². The lowest BCUT2D eigenvalue weighted by Crippen LogP contribution is -2.11. The Labute approximate surface area is 111 Å². The molecule has 0 aromatic rings. The second kappa shape index (κ2) is 29.3. The molecule has 0 bridgehead atoms.